The van der Waals surface area contributed by atoms with Crippen molar-refractivity contribution in [3.63, 3.8) is 0 Å². The van der Waals surface area contributed by atoms with E-state index in [0.29, 0.717) is 50.3 Å². The number of amides is 1. The van der Waals surface area contributed by atoms with E-state index >= 15 is 0 Å². The summed E-state index contributed by atoms with van der Waals surface area (Å²) in [4.78, 5) is 14.3. The third-order valence-electron chi connectivity index (χ3n) is 4.77. The van der Waals surface area contributed by atoms with Crippen molar-refractivity contribution < 1.29 is 17.9 Å². The molecule has 0 unspecified atom stereocenters. The Hall–Kier alpha value is -1.64. The van der Waals surface area contributed by atoms with Crippen LogP contribution >= 0.6 is 0 Å². The molecule has 0 heterocycles. The lowest BCUT2D eigenvalue weighted by molar-refractivity contribution is -0.116. The first-order chi connectivity index (χ1) is 13.8. The Morgan fingerprint density at radius 1 is 1.03 bits per heavy atom. The molecule has 30 heavy (non-hydrogen) atoms. The van der Waals surface area contributed by atoms with Gasteiger partial charge in [-0.2, -0.15) is 0 Å². The summed E-state index contributed by atoms with van der Waals surface area (Å²) >= 11 is 0. The highest BCUT2D eigenvalue weighted by Crippen LogP contribution is 2.17. The number of nitrogens with one attached hydrogen (secondary N) is 2. The first-order valence-electron chi connectivity index (χ1n) is 10.6. The fourth-order valence-electron chi connectivity index (χ4n) is 2.74. The molecule has 7 nitrogen and oxygen atoms in total. The summed E-state index contributed by atoms with van der Waals surface area (Å²) in [5.74, 6) is 0.665. The molecule has 1 rings (SSSR count). The number of carbonyl (C=O) groups excluding carboxylic acids is 1. The van der Waals surface area contributed by atoms with Crippen molar-refractivity contribution in [2.24, 2.45) is 0 Å². The van der Waals surface area contributed by atoms with Crippen molar-refractivity contribution in [3.05, 3.63) is 24.3 Å². The van der Waals surface area contributed by atoms with E-state index in [1.165, 1.54) is 0 Å². The van der Waals surface area contributed by atoms with Gasteiger partial charge in [0.25, 0.3) is 0 Å². The van der Waals surface area contributed by atoms with Crippen LogP contribution in [-0.4, -0.2) is 49.3 Å². The van der Waals surface area contributed by atoms with Crippen molar-refractivity contribution in [1.82, 2.24) is 9.62 Å². The minimum atomic E-state index is -3.34. The number of carbonyl (C=O) groups is 1. The molecule has 0 radical (unpaired) electrons. The van der Waals surface area contributed by atoms with Crippen molar-refractivity contribution in [2.45, 2.75) is 84.6 Å². The summed E-state index contributed by atoms with van der Waals surface area (Å²) in [6.07, 6.45) is 1.56. The van der Waals surface area contributed by atoms with Gasteiger partial charge in [-0.05, 0) is 85.6 Å². The van der Waals surface area contributed by atoms with E-state index in [0.717, 1.165) is 5.75 Å². The van der Waals surface area contributed by atoms with E-state index < -0.39 is 14.8 Å². The molecule has 0 aliphatic heterocycles. The molecule has 0 atom stereocenters. The molecule has 0 aromatic heterocycles. The Bertz CT molecular complexity index is 746. The average molecular weight is 442 g/mol. The van der Waals surface area contributed by atoms with E-state index in [1.807, 2.05) is 24.3 Å². The first kappa shape index (κ1) is 26.4. The van der Waals surface area contributed by atoms with Gasteiger partial charge < -0.3 is 10.1 Å². The van der Waals surface area contributed by atoms with Gasteiger partial charge in [-0.15, -0.1) is 0 Å². The van der Waals surface area contributed by atoms with Crippen LogP contribution in [0.1, 0.15) is 67.7 Å². The molecule has 0 aliphatic carbocycles. The molecule has 0 saturated heterocycles. The largest absolute Gasteiger partial charge is 0.478 e. The summed E-state index contributed by atoms with van der Waals surface area (Å²) < 4.78 is 31.5. The molecule has 0 spiro atoms. The maximum atomic E-state index is 12.1. The third-order valence-corrected chi connectivity index (χ3v) is 6.97. The van der Waals surface area contributed by atoms with Gasteiger partial charge >= 0.3 is 0 Å². The zero-order valence-corrected chi connectivity index (χ0v) is 20.3. The predicted molar refractivity (Wildman–Crippen MR) is 123 cm³/mol. The zero-order chi connectivity index (χ0) is 22.9. The van der Waals surface area contributed by atoms with E-state index in [-0.39, 0.29) is 5.91 Å². The van der Waals surface area contributed by atoms with Gasteiger partial charge in [0, 0.05) is 30.7 Å². The lowest BCUT2D eigenvalue weighted by atomic mass is 10.2. The van der Waals surface area contributed by atoms with E-state index in [1.54, 1.807) is 20.8 Å². The molecule has 2 N–H and O–H groups in total. The van der Waals surface area contributed by atoms with E-state index in [9.17, 15) is 13.2 Å². The number of hydrogen-bond donors (Lipinski definition) is 2. The van der Waals surface area contributed by atoms with E-state index in [2.05, 4.69) is 42.6 Å². The van der Waals surface area contributed by atoms with Crippen LogP contribution in [0.2, 0.25) is 0 Å². The summed E-state index contributed by atoms with van der Waals surface area (Å²) in [6, 6.07) is 8.12. The van der Waals surface area contributed by atoms with Gasteiger partial charge in [0.2, 0.25) is 15.9 Å². The number of unbranched alkanes of at least 4 members (excludes halogenated alkanes) is 1. The summed E-state index contributed by atoms with van der Waals surface area (Å²) in [7, 11) is -3.34. The smallest absolute Gasteiger partial charge is 0.224 e. The minimum absolute atomic E-state index is 0.0897. The number of anilines is 1. The molecule has 0 aliphatic rings. The number of ether oxygens (including phenoxy) is 1. The lowest BCUT2D eigenvalue weighted by Crippen LogP contribution is -2.39. The van der Waals surface area contributed by atoms with Gasteiger partial charge in [0.1, 0.15) is 12.5 Å². The average Bonchev–Trinajstić information content (AvgIpc) is 2.61. The standard InChI is InChI=1S/C22H39N3O4S/c1-17(2)25(18(3)4)16-29-20-13-11-19(12-14-20)24-21(26)10-8-9-15-23-30(27,28)22(5,6)7/h11-14,17-18,23H,8-10,15-16H2,1-7H3,(H,24,26). The van der Waals surface area contributed by atoms with Crippen molar-refractivity contribution in [2.75, 3.05) is 18.6 Å². The number of rotatable bonds is 12. The lowest BCUT2D eigenvalue weighted by Gasteiger charge is -2.30. The van der Waals surface area contributed by atoms with E-state index in [4.69, 9.17) is 4.74 Å². The zero-order valence-electron chi connectivity index (χ0n) is 19.5. The van der Waals surface area contributed by atoms with Crippen LogP contribution in [0, 0.1) is 0 Å². The second-order valence-corrected chi connectivity index (χ2v) is 11.5. The second-order valence-electron chi connectivity index (χ2n) is 9.01. The highest BCUT2D eigenvalue weighted by molar-refractivity contribution is 7.90. The highest BCUT2D eigenvalue weighted by atomic mass is 32.2. The minimum Gasteiger partial charge on any atom is -0.478 e. The Labute approximate surface area is 182 Å². The van der Waals surface area contributed by atoms with Crippen molar-refractivity contribution >= 4 is 21.6 Å². The number of benzene rings is 1. The normalized spacial score (nSPS) is 12.6. The molecular weight excluding hydrogens is 402 g/mol. The Kier molecular flexibility index (Phi) is 10.3. The Morgan fingerprint density at radius 2 is 1.60 bits per heavy atom. The maximum Gasteiger partial charge on any atom is 0.224 e. The quantitative estimate of drug-likeness (QED) is 0.379. The molecule has 8 heteroatoms. The van der Waals surface area contributed by atoms with Crippen LogP contribution in [0.3, 0.4) is 0 Å². The van der Waals surface area contributed by atoms with Gasteiger partial charge in [0.15, 0.2) is 0 Å². The first-order valence-corrected chi connectivity index (χ1v) is 12.1. The summed E-state index contributed by atoms with van der Waals surface area (Å²) in [6.45, 7) is 14.4. The third kappa shape index (κ3) is 9.02. The Balaban J connectivity index is 2.36. The van der Waals surface area contributed by atoms with Crippen LogP contribution in [0.4, 0.5) is 5.69 Å². The highest BCUT2D eigenvalue weighted by Gasteiger charge is 2.27. The Morgan fingerprint density at radius 3 is 2.10 bits per heavy atom. The molecule has 1 aromatic rings. The van der Waals surface area contributed by atoms with Crippen LogP contribution < -0.4 is 14.8 Å². The van der Waals surface area contributed by atoms with Gasteiger partial charge in [-0.3, -0.25) is 9.69 Å². The molecular formula is C22H39N3O4S. The fraction of sp³-hybridized carbons (Fsp3) is 0.682. The second kappa shape index (κ2) is 11.7. The number of hydrogen-bond acceptors (Lipinski definition) is 5. The van der Waals surface area contributed by atoms with Gasteiger partial charge in [-0.25, -0.2) is 13.1 Å². The molecule has 0 bridgehead atoms. The van der Waals surface area contributed by atoms with Gasteiger partial charge in [0.05, 0.1) is 4.75 Å². The fourth-order valence-corrected chi connectivity index (χ4v) is 3.58. The molecule has 0 saturated carbocycles. The number of nitrogens with zero attached hydrogens (tertiary/aromatic N) is 1. The van der Waals surface area contributed by atoms with Crippen LogP contribution in [0.25, 0.3) is 0 Å². The molecule has 1 aromatic carbocycles. The predicted octanol–water partition coefficient (Wildman–Crippen LogP) is 3.97. The summed E-state index contributed by atoms with van der Waals surface area (Å²) in [5, 5.41) is 2.86. The van der Waals surface area contributed by atoms with Gasteiger partial charge in [-0.1, -0.05) is 0 Å². The summed E-state index contributed by atoms with van der Waals surface area (Å²) in [5.41, 5.74) is 0.713. The SMILES string of the molecule is CC(C)N(COc1ccc(NC(=O)CCCCNS(=O)(=O)C(C)(C)C)cc1)C(C)C. The molecule has 1 amide bonds. The van der Waals surface area contributed by atoms with Crippen LogP contribution in [0.5, 0.6) is 5.75 Å². The van der Waals surface area contributed by atoms with Crippen molar-refractivity contribution in [3.8, 4) is 5.75 Å². The number of sulfonamides is 1. The topological polar surface area (TPSA) is 87.7 Å². The van der Waals surface area contributed by atoms with Crippen molar-refractivity contribution in [1.29, 1.82) is 0 Å². The molecule has 172 valence electrons. The molecule has 0 fully saturated rings. The monoisotopic (exact) mass is 441 g/mol. The van der Waals surface area contributed by atoms with Crippen LogP contribution in [0.15, 0.2) is 24.3 Å². The maximum absolute atomic E-state index is 12.1. The van der Waals surface area contributed by atoms with Crippen LogP contribution in [-0.2, 0) is 14.8 Å².